The van der Waals surface area contributed by atoms with E-state index in [-0.39, 0.29) is 0 Å². The largest absolute Gasteiger partial charge is 0.366 e. The van der Waals surface area contributed by atoms with E-state index in [1.807, 2.05) is 0 Å². The van der Waals surface area contributed by atoms with E-state index in [1.165, 1.54) is 0 Å². The molecule has 4 bridgehead atoms. The molecule has 1 heteroatoms. The highest BCUT2D eigenvalue weighted by Gasteiger charge is 3.09. The fourth-order valence-corrected chi connectivity index (χ4v) is 6.49. The molecule has 2 spiro atoms. The minimum Gasteiger partial charge on any atom is -0.366 e. The Hall–Kier alpha value is -0.300. The second-order valence-electron chi connectivity index (χ2n) is 5.73. The van der Waals surface area contributed by atoms with Crippen LogP contribution in [-0.4, -0.2) is 12.2 Å². The van der Waals surface area contributed by atoms with Crippen molar-refractivity contribution in [3.05, 3.63) is 12.2 Å². The average molecular weight is 158 g/mol. The summed E-state index contributed by atoms with van der Waals surface area (Å²) in [5, 5.41) is 0. The summed E-state index contributed by atoms with van der Waals surface area (Å²) in [6.45, 7) is 0. The van der Waals surface area contributed by atoms with Gasteiger partial charge in [-0.15, -0.1) is 0 Å². The zero-order valence-electron chi connectivity index (χ0n) is 6.73. The van der Waals surface area contributed by atoms with Crippen molar-refractivity contribution in [3.8, 4) is 0 Å². The van der Waals surface area contributed by atoms with Gasteiger partial charge >= 0.3 is 0 Å². The van der Waals surface area contributed by atoms with Gasteiger partial charge in [-0.1, -0.05) is 12.2 Å². The van der Waals surface area contributed by atoms with E-state index in [0.717, 1.165) is 34.5 Å². The molecule has 2 aliphatic heterocycles. The fraction of sp³-hybridized carbons (Fsp3) is 0.818. The fourth-order valence-electron chi connectivity index (χ4n) is 6.49. The maximum absolute atomic E-state index is 6.04. The molecule has 2 heterocycles. The summed E-state index contributed by atoms with van der Waals surface area (Å²) in [5.41, 5.74) is 1.50. The van der Waals surface area contributed by atoms with E-state index in [1.54, 1.807) is 6.42 Å². The standard InChI is InChI=1S/C11H10O/c1-2-7-11-5-3-4-8(9(5)11)10(4,11)6(1)12-7/h1-2,4-9H,3H2. The molecular weight excluding hydrogens is 148 g/mol. The Labute approximate surface area is 70.8 Å². The number of hydrogen-bond acceptors (Lipinski definition) is 1. The first-order valence-electron chi connectivity index (χ1n) is 5.27. The Bertz CT molecular complexity index is 335. The summed E-state index contributed by atoms with van der Waals surface area (Å²) in [6.07, 6.45) is 7.44. The zero-order chi connectivity index (χ0) is 7.29. The van der Waals surface area contributed by atoms with Crippen LogP contribution in [0.15, 0.2) is 12.2 Å². The monoisotopic (exact) mass is 158 g/mol. The number of hydrogen-bond donors (Lipinski definition) is 0. The van der Waals surface area contributed by atoms with Crippen LogP contribution < -0.4 is 0 Å². The Kier molecular flexibility index (Phi) is 0.355. The van der Waals surface area contributed by atoms with Crippen LogP contribution in [0.3, 0.4) is 0 Å². The third-order valence-corrected chi connectivity index (χ3v) is 6.32. The first kappa shape index (κ1) is 4.80. The van der Waals surface area contributed by atoms with E-state index >= 15 is 0 Å². The van der Waals surface area contributed by atoms with Crippen LogP contribution in [0.25, 0.3) is 0 Å². The molecule has 5 aliphatic carbocycles. The van der Waals surface area contributed by atoms with Gasteiger partial charge in [0, 0.05) is 10.8 Å². The lowest BCUT2D eigenvalue weighted by Gasteiger charge is -2.34. The summed E-state index contributed by atoms with van der Waals surface area (Å²) < 4.78 is 6.04. The molecule has 12 heavy (non-hydrogen) atoms. The van der Waals surface area contributed by atoms with Crippen molar-refractivity contribution in [2.75, 3.05) is 0 Å². The molecule has 1 saturated heterocycles. The molecule has 0 amide bonds. The van der Waals surface area contributed by atoms with E-state index in [2.05, 4.69) is 12.2 Å². The first-order valence-corrected chi connectivity index (χ1v) is 5.27. The Morgan fingerprint density at radius 3 is 2.08 bits per heavy atom. The third kappa shape index (κ3) is 0.170. The Morgan fingerprint density at radius 1 is 1.00 bits per heavy atom. The molecule has 0 aromatic heterocycles. The summed E-state index contributed by atoms with van der Waals surface area (Å²) in [5.74, 6) is 4.52. The van der Waals surface area contributed by atoms with Crippen molar-refractivity contribution < 1.29 is 4.74 Å². The molecule has 0 aromatic carbocycles. The predicted octanol–water partition coefficient (Wildman–Crippen LogP) is 1.21. The van der Waals surface area contributed by atoms with Crippen LogP contribution in [0.4, 0.5) is 0 Å². The summed E-state index contributed by atoms with van der Waals surface area (Å²) in [7, 11) is 0. The SMILES string of the molecule is C1=CC2OC1C13C4CC5C(C41)C253. The lowest BCUT2D eigenvalue weighted by atomic mass is 9.66. The van der Waals surface area contributed by atoms with Crippen LogP contribution in [0, 0.1) is 34.5 Å². The van der Waals surface area contributed by atoms with Crippen molar-refractivity contribution in [2.45, 2.75) is 18.6 Å². The summed E-state index contributed by atoms with van der Waals surface area (Å²) >= 11 is 0. The van der Waals surface area contributed by atoms with Gasteiger partial charge in [0.1, 0.15) is 0 Å². The van der Waals surface area contributed by atoms with Gasteiger partial charge in [-0.3, -0.25) is 0 Å². The van der Waals surface area contributed by atoms with Crippen molar-refractivity contribution >= 4 is 0 Å². The molecule has 0 aromatic rings. The van der Waals surface area contributed by atoms with Crippen LogP contribution in [0.5, 0.6) is 0 Å². The molecule has 6 fully saturated rings. The van der Waals surface area contributed by atoms with Crippen LogP contribution in [0.2, 0.25) is 0 Å². The van der Waals surface area contributed by atoms with Gasteiger partial charge in [-0.25, -0.2) is 0 Å². The van der Waals surface area contributed by atoms with E-state index in [9.17, 15) is 0 Å². The van der Waals surface area contributed by atoms with Gasteiger partial charge < -0.3 is 4.74 Å². The topological polar surface area (TPSA) is 9.23 Å². The predicted molar refractivity (Wildman–Crippen MR) is 41.2 cm³/mol. The number of fused-ring (bicyclic) bond motifs is 2. The highest BCUT2D eigenvalue weighted by molar-refractivity contribution is 5.58. The summed E-state index contributed by atoms with van der Waals surface area (Å²) in [4.78, 5) is 0. The number of rotatable bonds is 0. The van der Waals surface area contributed by atoms with Crippen LogP contribution in [-0.2, 0) is 4.74 Å². The van der Waals surface area contributed by atoms with Gasteiger partial charge in [0.15, 0.2) is 0 Å². The molecule has 8 unspecified atom stereocenters. The minimum atomic E-state index is 0.571. The first-order chi connectivity index (χ1) is 5.93. The quantitative estimate of drug-likeness (QED) is 0.481. The zero-order valence-corrected chi connectivity index (χ0v) is 6.73. The molecule has 0 radical (unpaired) electrons. The lowest BCUT2D eigenvalue weighted by molar-refractivity contribution is 0.0938. The maximum atomic E-state index is 6.04. The van der Waals surface area contributed by atoms with Crippen molar-refractivity contribution in [1.82, 2.24) is 0 Å². The van der Waals surface area contributed by atoms with Gasteiger partial charge in [0.2, 0.25) is 0 Å². The number of ether oxygens (including phenoxy) is 1. The van der Waals surface area contributed by atoms with Crippen LogP contribution in [0.1, 0.15) is 6.42 Å². The Morgan fingerprint density at radius 2 is 1.58 bits per heavy atom. The molecule has 1 nitrogen and oxygen atoms in total. The molecule has 8 atom stereocenters. The molecular formula is C11H10O. The molecule has 0 N–H and O–H groups in total. The van der Waals surface area contributed by atoms with E-state index in [0.29, 0.717) is 12.2 Å². The third-order valence-electron chi connectivity index (χ3n) is 6.32. The summed E-state index contributed by atoms with van der Waals surface area (Å²) in [6, 6.07) is 0. The van der Waals surface area contributed by atoms with Gasteiger partial charge in [-0.05, 0) is 30.1 Å². The van der Waals surface area contributed by atoms with Crippen molar-refractivity contribution in [1.29, 1.82) is 0 Å². The second-order valence-corrected chi connectivity index (χ2v) is 5.73. The maximum Gasteiger partial charge on any atom is 0.0833 e. The normalized spacial score (nSPS) is 92.7. The van der Waals surface area contributed by atoms with Gasteiger partial charge in [0.05, 0.1) is 12.2 Å². The second kappa shape index (κ2) is 0.886. The van der Waals surface area contributed by atoms with Gasteiger partial charge in [0.25, 0.3) is 0 Å². The molecule has 5 saturated carbocycles. The lowest BCUT2D eigenvalue weighted by Crippen LogP contribution is -2.38. The Balaban J connectivity index is 1.84. The van der Waals surface area contributed by atoms with E-state index in [4.69, 9.17) is 4.74 Å². The van der Waals surface area contributed by atoms with Crippen molar-refractivity contribution in [3.63, 3.8) is 0 Å². The van der Waals surface area contributed by atoms with Gasteiger partial charge in [-0.2, -0.15) is 0 Å². The average Bonchev–Trinajstić information content (AvgIpc) is 2.61. The van der Waals surface area contributed by atoms with Crippen molar-refractivity contribution in [2.24, 2.45) is 34.5 Å². The molecule has 60 valence electrons. The molecule has 7 rings (SSSR count). The highest BCUT2D eigenvalue weighted by Crippen LogP contribution is 3.09. The smallest absolute Gasteiger partial charge is 0.0833 e. The highest BCUT2D eigenvalue weighted by atomic mass is 16.5. The van der Waals surface area contributed by atoms with E-state index < -0.39 is 0 Å². The minimum absolute atomic E-state index is 0.571. The van der Waals surface area contributed by atoms with Crippen LogP contribution >= 0.6 is 0 Å². The molecule has 7 aliphatic rings.